The third kappa shape index (κ3) is 4.07. The Kier molecular flexibility index (Phi) is 5.65. The first kappa shape index (κ1) is 22.5. The number of halogens is 4. The largest absolute Gasteiger partial charge is 0.451 e. The summed E-state index contributed by atoms with van der Waals surface area (Å²) in [7, 11) is 0. The van der Waals surface area contributed by atoms with Crippen LogP contribution in [-0.4, -0.2) is 40.6 Å². The number of pyridine rings is 1. The van der Waals surface area contributed by atoms with Gasteiger partial charge in [0.1, 0.15) is 11.2 Å². The fourth-order valence-corrected chi connectivity index (χ4v) is 4.20. The molecule has 2 aliphatic heterocycles. The van der Waals surface area contributed by atoms with Crippen LogP contribution >= 0.6 is 11.6 Å². The molecule has 0 aliphatic carbocycles. The Hall–Kier alpha value is -3.24. The third-order valence-electron chi connectivity index (χ3n) is 5.93. The minimum Gasteiger partial charge on any atom is -0.378 e. The predicted molar refractivity (Wildman–Crippen MR) is 119 cm³/mol. The number of hydrogen-bond acceptors (Lipinski definition) is 6. The van der Waals surface area contributed by atoms with Crippen LogP contribution in [0.5, 0.6) is 0 Å². The molecule has 11 heteroatoms. The fourth-order valence-electron chi connectivity index (χ4n) is 4.07. The van der Waals surface area contributed by atoms with E-state index in [4.69, 9.17) is 21.3 Å². The zero-order chi connectivity index (χ0) is 23.9. The number of hydrogen-bond donors (Lipinski definition) is 1. The van der Waals surface area contributed by atoms with Gasteiger partial charge in [-0.2, -0.15) is 13.2 Å². The van der Waals surface area contributed by atoms with Crippen molar-refractivity contribution < 1.29 is 22.7 Å². The van der Waals surface area contributed by atoms with Crippen LogP contribution in [0, 0.1) is 0 Å². The summed E-state index contributed by atoms with van der Waals surface area (Å²) in [6, 6.07) is 11.7. The van der Waals surface area contributed by atoms with E-state index in [0.717, 1.165) is 6.20 Å². The molecule has 5 rings (SSSR count). The molecule has 1 amide bonds. The summed E-state index contributed by atoms with van der Waals surface area (Å²) in [5.41, 5.74) is 1.57. The Bertz CT molecular complexity index is 1230. The van der Waals surface area contributed by atoms with Crippen LogP contribution in [-0.2, 0) is 27.5 Å². The molecule has 2 aromatic heterocycles. The van der Waals surface area contributed by atoms with Crippen molar-refractivity contribution >= 4 is 34.7 Å². The van der Waals surface area contributed by atoms with Crippen LogP contribution in [0.25, 0.3) is 0 Å². The quantitative estimate of drug-likeness (QED) is 0.580. The Balaban J connectivity index is 1.44. The maximum Gasteiger partial charge on any atom is 0.451 e. The molecule has 3 aromatic rings. The highest BCUT2D eigenvalue weighted by Crippen LogP contribution is 2.38. The maximum atomic E-state index is 13.2. The Morgan fingerprint density at radius 2 is 1.85 bits per heavy atom. The molecule has 2 aliphatic rings. The highest BCUT2D eigenvalue weighted by atomic mass is 35.5. The second-order valence-corrected chi connectivity index (χ2v) is 8.63. The first-order chi connectivity index (χ1) is 16.3. The smallest absolute Gasteiger partial charge is 0.378 e. The molecule has 0 unspecified atom stereocenters. The van der Waals surface area contributed by atoms with Crippen molar-refractivity contribution in [1.29, 1.82) is 0 Å². The van der Waals surface area contributed by atoms with Crippen LogP contribution in [0.15, 0.2) is 48.7 Å². The lowest BCUT2D eigenvalue weighted by Gasteiger charge is -2.40. The molecule has 0 atom stereocenters. The summed E-state index contributed by atoms with van der Waals surface area (Å²) in [5.74, 6) is -1.28. The molecule has 1 saturated heterocycles. The van der Waals surface area contributed by atoms with Gasteiger partial charge in [-0.25, -0.2) is 9.97 Å². The van der Waals surface area contributed by atoms with Gasteiger partial charge in [0.2, 0.25) is 11.7 Å². The van der Waals surface area contributed by atoms with Crippen molar-refractivity contribution in [2.75, 3.05) is 30.0 Å². The maximum absolute atomic E-state index is 13.2. The molecule has 34 heavy (non-hydrogen) atoms. The van der Waals surface area contributed by atoms with E-state index >= 15 is 0 Å². The van der Waals surface area contributed by atoms with Gasteiger partial charge < -0.3 is 15.0 Å². The first-order valence-electron chi connectivity index (χ1n) is 10.6. The normalized spacial score (nSPS) is 17.0. The number of amides is 1. The highest BCUT2D eigenvalue weighted by molar-refractivity contribution is 6.30. The van der Waals surface area contributed by atoms with Crippen LogP contribution in [0.2, 0.25) is 5.02 Å². The second-order valence-electron chi connectivity index (χ2n) is 8.19. The summed E-state index contributed by atoms with van der Waals surface area (Å²) in [4.78, 5) is 26.7. The number of carbonyl (C=O) groups excluding carboxylic acids is 1. The van der Waals surface area contributed by atoms with Crippen molar-refractivity contribution in [3.05, 3.63) is 70.9 Å². The highest BCUT2D eigenvalue weighted by Gasteiger charge is 2.49. The molecule has 0 bridgehead atoms. The van der Waals surface area contributed by atoms with Gasteiger partial charge >= 0.3 is 6.18 Å². The third-order valence-corrected chi connectivity index (χ3v) is 6.18. The number of nitrogens with one attached hydrogen (secondary N) is 1. The first-order valence-corrected chi connectivity index (χ1v) is 11.0. The molecule has 4 heterocycles. The molecule has 1 fully saturated rings. The van der Waals surface area contributed by atoms with E-state index in [2.05, 4.69) is 15.3 Å². The lowest BCUT2D eigenvalue weighted by atomic mass is 9.80. The number of aromatic nitrogens is 3. The standard InChI is InChI=1S/C23H19ClF3N5O2/c24-14-3-5-15(6-4-14)29-21(33)22(12-34-13-22)18-8-7-17-16(30-18)2-1-11-32(17)19-9-10-28-20(31-19)23(25,26)27/h3-10H,1-2,11-13H2,(H,29,33). The predicted octanol–water partition coefficient (Wildman–Crippen LogP) is 4.53. The van der Waals surface area contributed by atoms with E-state index in [1.54, 1.807) is 41.3 Å². The molecule has 176 valence electrons. The fraction of sp³-hybridized carbons (Fsp3) is 0.304. The second kappa shape index (κ2) is 8.52. The monoisotopic (exact) mass is 489 g/mol. The molecule has 0 saturated carbocycles. The Morgan fingerprint density at radius 3 is 2.53 bits per heavy atom. The number of benzene rings is 1. The number of aryl methyl sites for hydroxylation is 1. The van der Waals surface area contributed by atoms with Gasteiger partial charge in [0.15, 0.2) is 0 Å². The van der Waals surface area contributed by atoms with Gasteiger partial charge in [-0.05, 0) is 55.3 Å². The zero-order valence-electron chi connectivity index (χ0n) is 17.8. The molecular formula is C23H19ClF3N5O2. The zero-order valence-corrected chi connectivity index (χ0v) is 18.5. The Labute approximate surface area is 197 Å². The topological polar surface area (TPSA) is 80.2 Å². The number of fused-ring (bicyclic) bond motifs is 1. The molecular weight excluding hydrogens is 471 g/mol. The summed E-state index contributed by atoms with van der Waals surface area (Å²) in [6.07, 6.45) is -2.23. The van der Waals surface area contributed by atoms with Crippen molar-refractivity contribution in [1.82, 2.24) is 15.0 Å². The van der Waals surface area contributed by atoms with Crippen molar-refractivity contribution in [3.63, 3.8) is 0 Å². The lowest BCUT2D eigenvalue weighted by molar-refractivity contribution is -0.145. The average molecular weight is 490 g/mol. The van der Waals surface area contributed by atoms with E-state index in [9.17, 15) is 18.0 Å². The number of rotatable bonds is 4. The van der Waals surface area contributed by atoms with E-state index in [0.29, 0.717) is 47.2 Å². The minimum atomic E-state index is -4.63. The average Bonchev–Trinajstić information content (AvgIpc) is 2.79. The van der Waals surface area contributed by atoms with Gasteiger partial charge in [0.25, 0.3) is 0 Å². The van der Waals surface area contributed by atoms with Crippen molar-refractivity contribution in [2.24, 2.45) is 0 Å². The molecule has 0 spiro atoms. The number of nitrogens with zero attached hydrogens (tertiary/aromatic N) is 4. The van der Waals surface area contributed by atoms with Gasteiger partial charge in [0, 0.05) is 23.5 Å². The van der Waals surface area contributed by atoms with Crippen LogP contribution in [0.3, 0.4) is 0 Å². The van der Waals surface area contributed by atoms with Gasteiger partial charge in [-0.1, -0.05) is 11.6 Å². The van der Waals surface area contributed by atoms with E-state index in [1.807, 2.05) is 0 Å². The SMILES string of the molecule is O=C(Nc1ccc(Cl)cc1)C1(c2ccc3c(n2)CCCN3c2ccnc(C(F)(F)F)n2)COC1. The van der Waals surface area contributed by atoms with E-state index in [-0.39, 0.29) is 24.9 Å². The number of carbonyl (C=O) groups is 1. The van der Waals surface area contributed by atoms with Gasteiger partial charge in [-0.3, -0.25) is 9.78 Å². The summed E-state index contributed by atoms with van der Waals surface area (Å²) in [5, 5.41) is 3.46. The molecule has 7 nitrogen and oxygen atoms in total. The van der Waals surface area contributed by atoms with Gasteiger partial charge in [-0.15, -0.1) is 0 Å². The number of alkyl halides is 3. The van der Waals surface area contributed by atoms with E-state index in [1.165, 1.54) is 6.07 Å². The lowest BCUT2D eigenvalue weighted by Crippen LogP contribution is -2.56. The number of ether oxygens (including phenoxy) is 1. The van der Waals surface area contributed by atoms with Crippen LogP contribution in [0.1, 0.15) is 23.6 Å². The van der Waals surface area contributed by atoms with Crippen LogP contribution < -0.4 is 10.2 Å². The minimum absolute atomic E-state index is 0.153. The molecule has 1 aromatic carbocycles. The molecule has 1 N–H and O–H groups in total. The van der Waals surface area contributed by atoms with Crippen LogP contribution in [0.4, 0.5) is 30.4 Å². The summed E-state index contributed by atoms with van der Waals surface area (Å²) in [6.45, 7) is 0.860. The van der Waals surface area contributed by atoms with Crippen molar-refractivity contribution in [2.45, 2.75) is 24.4 Å². The Morgan fingerprint density at radius 1 is 1.09 bits per heavy atom. The van der Waals surface area contributed by atoms with E-state index < -0.39 is 17.4 Å². The summed E-state index contributed by atoms with van der Waals surface area (Å²) < 4.78 is 44.7. The molecule has 0 radical (unpaired) electrons. The summed E-state index contributed by atoms with van der Waals surface area (Å²) >= 11 is 5.92. The van der Waals surface area contributed by atoms with Gasteiger partial charge in [0.05, 0.1) is 30.3 Å². The van der Waals surface area contributed by atoms with Crippen molar-refractivity contribution in [3.8, 4) is 0 Å². The number of anilines is 3.